The van der Waals surface area contributed by atoms with Crippen molar-refractivity contribution in [1.82, 2.24) is 15.0 Å². The smallest absolute Gasteiger partial charge is 0.110 e. The molecule has 5 heteroatoms. The average molecular weight is 240 g/mol. The number of aryl methyl sites for hydroxylation is 1. The second-order valence-electron chi connectivity index (χ2n) is 4.34. The minimum atomic E-state index is 0.339. The summed E-state index contributed by atoms with van der Waals surface area (Å²) in [4.78, 5) is 4.36. The van der Waals surface area contributed by atoms with Crippen LogP contribution in [0.25, 0.3) is 0 Å². The van der Waals surface area contributed by atoms with Gasteiger partial charge in [0.25, 0.3) is 0 Å². The van der Waals surface area contributed by atoms with Crippen molar-refractivity contribution in [1.29, 1.82) is 0 Å². The van der Waals surface area contributed by atoms with Gasteiger partial charge < -0.3 is 4.57 Å². The van der Waals surface area contributed by atoms with Crippen LogP contribution in [0.5, 0.6) is 0 Å². The van der Waals surface area contributed by atoms with Gasteiger partial charge >= 0.3 is 0 Å². The zero-order chi connectivity index (χ0) is 11.4. The van der Waals surface area contributed by atoms with Crippen molar-refractivity contribution in [3.63, 3.8) is 0 Å². The number of hydrogen-bond acceptors (Lipinski definition) is 4. The van der Waals surface area contributed by atoms with Crippen molar-refractivity contribution < 1.29 is 0 Å². The summed E-state index contributed by atoms with van der Waals surface area (Å²) in [5.74, 6) is 8.04. The van der Waals surface area contributed by atoms with Gasteiger partial charge in [-0.3, -0.25) is 11.3 Å². The molecule has 1 aliphatic heterocycles. The molecule has 90 valence electrons. The first kappa shape index (κ1) is 12.0. The molecule has 0 radical (unpaired) electrons. The third kappa shape index (κ3) is 2.78. The number of nitrogens with one attached hydrogen (secondary N) is 1. The Kier molecular flexibility index (Phi) is 4.26. The van der Waals surface area contributed by atoms with Crippen LogP contribution < -0.4 is 11.3 Å². The molecule has 4 nitrogen and oxygen atoms in total. The number of imidazole rings is 1. The normalized spacial score (nSPS) is 23.2. The summed E-state index contributed by atoms with van der Waals surface area (Å²) in [5.41, 5.74) is 2.96. The quantitative estimate of drug-likeness (QED) is 0.611. The Morgan fingerprint density at radius 1 is 1.69 bits per heavy atom. The van der Waals surface area contributed by atoms with Gasteiger partial charge in [-0.05, 0) is 18.6 Å². The molecular formula is C11H20N4S. The van der Waals surface area contributed by atoms with Gasteiger partial charge in [0.2, 0.25) is 0 Å². The number of hydrazine groups is 1. The fourth-order valence-corrected chi connectivity index (χ4v) is 3.58. The molecule has 1 fully saturated rings. The fourth-order valence-electron chi connectivity index (χ4n) is 2.17. The Hall–Kier alpha value is -0.520. The Balaban J connectivity index is 1.97. The lowest BCUT2D eigenvalue weighted by molar-refractivity contribution is 0.460. The van der Waals surface area contributed by atoms with Gasteiger partial charge in [-0.15, -0.1) is 0 Å². The van der Waals surface area contributed by atoms with Crippen molar-refractivity contribution in [3.05, 3.63) is 18.2 Å². The maximum absolute atomic E-state index is 5.67. The SMILES string of the molecule is Cn1ccnc1CC(NN)C1CCCCS1. The van der Waals surface area contributed by atoms with E-state index in [1.165, 1.54) is 25.0 Å². The van der Waals surface area contributed by atoms with E-state index >= 15 is 0 Å². The van der Waals surface area contributed by atoms with E-state index in [4.69, 9.17) is 5.84 Å². The molecule has 0 aromatic carbocycles. The molecule has 2 atom stereocenters. The summed E-state index contributed by atoms with van der Waals surface area (Å²) in [6.07, 6.45) is 8.69. The highest BCUT2D eigenvalue weighted by Crippen LogP contribution is 2.28. The van der Waals surface area contributed by atoms with Gasteiger partial charge in [-0.25, -0.2) is 4.98 Å². The molecule has 1 aromatic rings. The summed E-state index contributed by atoms with van der Waals surface area (Å²) in [6, 6.07) is 0.339. The average Bonchev–Trinajstić information content (AvgIpc) is 2.73. The summed E-state index contributed by atoms with van der Waals surface area (Å²) >= 11 is 2.04. The molecule has 2 rings (SSSR count). The van der Waals surface area contributed by atoms with Crippen LogP contribution in [-0.2, 0) is 13.5 Å². The lowest BCUT2D eigenvalue weighted by Crippen LogP contribution is -2.45. The van der Waals surface area contributed by atoms with Gasteiger partial charge in [0, 0.05) is 37.2 Å². The molecule has 0 spiro atoms. The maximum atomic E-state index is 5.67. The zero-order valence-electron chi connectivity index (χ0n) is 9.72. The first-order valence-electron chi connectivity index (χ1n) is 5.85. The zero-order valence-corrected chi connectivity index (χ0v) is 10.5. The standard InChI is InChI=1S/C11H20N4S/c1-15-6-5-13-11(15)8-9(14-12)10-4-2-3-7-16-10/h5-6,9-10,14H,2-4,7-8,12H2,1H3. The third-order valence-corrected chi connectivity index (χ3v) is 4.72. The maximum Gasteiger partial charge on any atom is 0.110 e. The van der Waals surface area contributed by atoms with E-state index < -0.39 is 0 Å². The molecule has 0 bridgehead atoms. The van der Waals surface area contributed by atoms with Crippen molar-refractivity contribution in [3.8, 4) is 0 Å². The molecule has 0 amide bonds. The number of thioether (sulfide) groups is 1. The minimum Gasteiger partial charge on any atom is -0.338 e. The summed E-state index contributed by atoms with van der Waals surface area (Å²) < 4.78 is 2.07. The molecule has 0 saturated carbocycles. The summed E-state index contributed by atoms with van der Waals surface area (Å²) in [6.45, 7) is 0. The molecular weight excluding hydrogens is 220 g/mol. The van der Waals surface area contributed by atoms with Crippen LogP contribution >= 0.6 is 11.8 Å². The van der Waals surface area contributed by atoms with Crippen LogP contribution in [0.4, 0.5) is 0 Å². The molecule has 1 saturated heterocycles. The van der Waals surface area contributed by atoms with E-state index in [0.29, 0.717) is 11.3 Å². The van der Waals surface area contributed by atoms with Gasteiger partial charge in [0.1, 0.15) is 5.82 Å². The van der Waals surface area contributed by atoms with E-state index in [1.807, 2.05) is 31.2 Å². The van der Waals surface area contributed by atoms with Crippen LogP contribution in [0.1, 0.15) is 25.1 Å². The first-order valence-corrected chi connectivity index (χ1v) is 6.90. The van der Waals surface area contributed by atoms with Crippen molar-refractivity contribution in [2.45, 2.75) is 37.0 Å². The van der Waals surface area contributed by atoms with E-state index in [9.17, 15) is 0 Å². The highest BCUT2D eigenvalue weighted by atomic mass is 32.2. The second-order valence-corrected chi connectivity index (χ2v) is 5.68. The fraction of sp³-hybridized carbons (Fsp3) is 0.727. The lowest BCUT2D eigenvalue weighted by atomic mass is 10.0. The van der Waals surface area contributed by atoms with E-state index in [0.717, 1.165) is 12.2 Å². The summed E-state index contributed by atoms with van der Waals surface area (Å²) in [7, 11) is 2.03. The van der Waals surface area contributed by atoms with Crippen LogP contribution in [0.15, 0.2) is 12.4 Å². The largest absolute Gasteiger partial charge is 0.338 e. The highest BCUT2D eigenvalue weighted by Gasteiger charge is 2.24. The minimum absolute atomic E-state index is 0.339. The highest BCUT2D eigenvalue weighted by molar-refractivity contribution is 8.00. The van der Waals surface area contributed by atoms with E-state index in [1.54, 1.807) is 0 Å². The van der Waals surface area contributed by atoms with Gasteiger partial charge in [0.05, 0.1) is 0 Å². The predicted molar refractivity (Wildman–Crippen MR) is 68.1 cm³/mol. The molecule has 2 heterocycles. The number of rotatable bonds is 4. The summed E-state index contributed by atoms with van der Waals surface area (Å²) in [5, 5.41) is 0.635. The first-order chi connectivity index (χ1) is 7.81. The van der Waals surface area contributed by atoms with Gasteiger partial charge in [-0.2, -0.15) is 11.8 Å². The van der Waals surface area contributed by atoms with E-state index in [-0.39, 0.29) is 0 Å². The third-order valence-electron chi connectivity index (χ3n) is 3.20. The van der Waals surface area contributed by atoms with Gasteiger partial charge in [-0.1, -0.05) is 6.42 Å². The topological polar surface area (TPSA) is 55.9 Å². The Morgan fingerprint density at radius 3 is 3.12 bits per heavy atom. The predicted octanol–water partition coefficient (Wildman–Crippen LogP) is 1.08. The van der Waals surface area contributed by atoms with Crippen LogP contribution in [-0.4, -0.2) is 26.6 Å². The lowest BCUT2D eigenvalue weighted by Gasteiger charge is -2.29. The van der Waals surface area contributed by atoms with Crippen LogP contribution in [0.3, 0.4) is 0 Å². The van der Waals surface area contributed by atoms with Crippen LogP contribution in [0.2, 0.25) is 0 Å². The second kappa shape index (κ2) is 5.70. The van der Waals surface area contributed by atoms with Crippen molar-refractivity contribution >= 4 is 11.8 Å². The van der Waals surface area contributed by atoms with Crippen molar-refractivity contribution in [2.24, 2.45) is 12.9 Å². The molecule has 2 unspecified atom stereocenters. The van der Waals surface area contributed by atoms with Crippen molar-refractivity contribution in [2.75, 3.05) is 5.75 Å². The molecule has 0 aliphatic carbocycles. The Morgan fingerprint density at radius 2 is 2.56 bits per heavy atom. The number of hydrogen-bond donors (Lipinski definition) is 2. The molecule has 3 N–H and O–H groups in total. The molecule has 1 aliphatic rings. The number of nitrogens with zero attached hydrogens (tertiary/aromatic N) is 2. The Labute approximate surface area is 101 Å². The van der Waals surface area contributed by atoms with Gasteiger partial charge in [0.15, 0.2) is 0 Å². The monoisotopic (exact) mass is 240 g/mol. The number of aromatic nitrogens is 2. The Bertz CT molecular complexity index is 320. The van der Waals surface area contributed by atoms with E-state index in [2.05, 4.69) is 15.0 Å². The van der Waals surface area contributed by atoms with Crippen LogP contribution in [0, 0.1) is 0 Å². The molecule has 1 aromatic heterocycles. The molecule has 16 heavy (non-hydrogen) atoms. The number of nitrogens with two attached hydrogens (primary N) is 1.